The number of hydrogen-bond donors (Lipinski definition) is 1. The van der Waals surface area contributed by atoms with Gasteiger partial charge >= 0.3 is 0 Å². The van der Waals surface area contributed by atoms with Gasteiger partial charge in [0.1, 0.15) is 0 Å². The highest BCUT2D eigenvalue weighted by molar-refractivity contribution is 5.97. The minimum absolute atomic E-state index is 0.00339. The van der Waals surface area contributed by atoms with Crippen molar-refractivity contribution in [2.45, 2.75) is 40.3 Å². The van der Waals surface area contributed by atoms with Crippen molar-refractivity contribution < 1.29 is 9.59 Å². The van der Waals surface area contributed by atoms with E-state index in [0.717, 1.165) is 11.1 Å². The summed E-state index contributed by atoms with van der Waals surface area (Å²) in [5, 5.41) is 11.7. The Bertz CT molecular complexity index is 849. The predicted molar refractivity (Wildman–Crippen MR) is 102 cm³/mol. The maximum absolute atomic E-state index is 13.0. The van der Waals surface area contributed by atoms with Gasteiger partial charge < -0.3 is 10.2 Å². The molecule has 0 spiro atoms. The van der Waals surface area contributed by atoms with Gasteiger partial charge in [0.05, 0.1) is 11.6 Å². The molecule has 0 aliphatic heterocycles. The average molecular weight is 349 g/mol. The van der Waals surface area contributed by atoms with Gasteiger partial charge in [0.15, 0.2) is 0 Å². The van der Waals surface area contributed by atoms with Gasteiger partial charge in [-0.3, -0.25) is 9.59 Å². The van der Waals surface area contributed by atoms with Crippen molar-refractivity contribution in [3.8, 4) is 6.07 Å². The van der Waals surface area contributed by atoms with Gasteiger partial charge in [0, 0.05) is 30.8 Å². The van der Waals surface area contributed by atoms with Gasteiger partial charge in [-0.1, -0.05) is 18.2 Å². The molecule has 0 radical (unpaired) electrons. The van der Waals surface area contributed by atoms with Gasteiger partial charge in [-0.05, 0) is 56.2 Å². The van der Waals surface area contributed by atoms with E-state index in [2.05, 4.69) is 11.4 Å². The van der Waals surface area contributed by atoms with Crippen LogP contribution in [0.1, 0.15) is 47.8 Å². The van der Waals surface area contributed by atoms with Gasteiger partial charge in [0.2, 0.25) is 5.91 Å². The van der Waals surface area contributed by atoms with Crippen LogP contribution in [0.25, 0.3) is 0 Å². The summed E-state index contributed by atoms with van der Waals surface area (Å²) < 4.78 is 0. The molecule has 2 amide bonds. The fraction of sp³-hybridized carbons (Fsp3) is 0.286. The lowest BCUT2D eigenvalue weighted by Gasteiger charge is -2.27. The summed E-state index contributed by atoms with van der Waals surface area (Å²) in [6, 6.07) is 14.6. The molecule has 0 saturated heterocycles. The fourth-order valence-electron chi connectivity index (χ4n) is 2.62. The number of benzene rings is 2. The van der Waals surface area contributed by atoms with Crippen molar-refractivity contribution in [1.29, 1.82) is 5.26 Å². The van der Waals surface area contributed by atoms with Crippen molar-refractivity contribution in [3.05, 3.63) is 64.7 Å². The second-order valence-corrected chi connectivity index (χ2v) is 6.55. The first-order valence-electron chi connectivity index (χ1n) is 8.50. The molecule has 5 heteroatoms. The summed E-state index contributed by atoms with van der Waals surface area (Å²) >= 11 is 0. The van der Waals surface area contributed by atoms with Crippen LogP contribution in [0.15, 0.2) is 42.5 Å². The Morgan fingerprint density at radius 1 is 1.15 bits per heavy atom. The van der Waals surface area contributed by atoms with E-state index in [9.17, 15) is 9.59 Å². The van der Waals surface area contributed by atoms with Crippen LogP contribution in [0.2, 0.25) is 0 Å². The molecule has 0 aromatic heterocycles. The van der Waals surface area contributed by atoms with Crippen LogP contribution in [0, 0.1) is 18.3 Å². The van der Waals surface area contributed by atoms with Gasteiger partial charge in [-0.2, -0.15) is 5.26 Å². The molecule has 2 aromatic rings. The number of aryl methyl sites for hydroxylation is 1. The van der Waals surface area contributed by atoms with E-state index < -0.39 is 0 Å². The van der Waals surface area contributed by atoms with Gasteiger partial charge in [-0.25, -0.2) is 0 Å². The SMILES string of the molecule is CC(=O)Nc1cc(C(=O)N(Cc2ccc(C#N)cc2)C(C)C)ccc1C. The molecule has 0 unspecified atom stereocenters. The molecule has 5 nitrogen and oxygen atoms in total. The van der Waals surface area contributed by atoms with E-state index >= 15 is 0 Å². The molecule has 0 aliphatic rings. The quantitative estimate of drug-likeness (QED) is 0.890. The first-order chi connectivity index (χ1) is 12.3. The number of hydrogen-bond acceptors (Lipinski definition) is 3. The molecular formula is C21H23N3O2. The number of nitrogens with zero attached hydrogens (tertiary/aromatic N) is 2. The molecule has 0 saturated carbocycles. The Balaban J connectivity index is 2.27. The second-order valence-electron chi connectivity index (χ2n) is 6.55. The van der Waals surface area contributed by atoms with Crippen LogP contribution in [0.3, 0.4) is 0 Å². The highest BCUT2D eigenvalue weighted by atomic mass is 16.2. The van der Waals surface area contributed by atoms with Gasteiger partial charge in [0.25, 0.3) is 5.91 Å². The number of amides is 2. The summed E-state index contributed by atoms with van der Waals surface area (Å²) in [5.74, 6) is -0.271. The maximum atomic E-state index is 13.0. The summed E-state index contributed by atoms with van der Waals surface area (Å²) in [6.45, 7) is 7.70. The zero-order chi connectivity index (χ0) is 19.3. The van der Waals surface area contributed by atoms with E-state index in [4.69, 9.17) is 5.26 Å². The van der Waals surface area contributed by atoms with Crippen molar-refractivity contribution in [2.75, 3.05) is 5.32 Å². The summed E-state index contributed by atoms with van der Waals surface area (Å²) in [5.41, 5.74) is 3.63. The molecule has 26 heavy (non-hydrogen) atoms. The number of nitrogens with one attached hydrogen (secondary N) is 1. The van der Waals surface area contributed by atoms with Crippen molar-refractivity contribution >= 4 is 17.5 Å². The van der Waals surface area contributed by atoms with E-state index in [1.165, 1.54) is 6.92 Å². The molecule has 0 atom stereocenters. The summed E-state index contributed by atoms with van der Waals surface area (Å²) in [6.07, 6.45) is 0. The van der Waals surface area contributed by atoms with Crippen molar-refractivity contribution in [2.24, 2.45) is 0 Å². The van der Waals surface area contributed by atoms with E-state index in [1.54, 1.807) is 29.2 Å². The minimum atomic E-state index is -0.170. The molecule has 0 aliphatic carbocycles. The monoisotopic (exact) mass is 349 g/mol. The molecule has 0 fully saturated rings. The summed E-state index contributed by atoms with van der Waals surface area (Å²) in [7, 11) is 0. The van der Waals surface area contributed by atoms with Crippen LogP contribution in [-0.4, -0.2) is 22.8 Å². The largest absolute Gasteiger partial charge is 0.332 e. The number of anilines is 1. The molecule has 2 rings (SSSR count). The first-order valence-corrected chi connectivity index (χ1v) is 8.50. The van der Waals surface area contributed by atoms with Crippen LogP contribution >= 0.6 is 0 Å². The zero-order valence-corrected chi connectivity index (χ0v) is 15.5. The normalized spacial score (nSPS) is 10.3. The van der Waals surface area contributed by atoms with Crippen LogP contribution < -0.4 is 5.32 Å². The Morgan fingerprint density at radius 3 is 2.35 bits per heavy atom. The number of carbonyl (C=O) groups excluding carboxylic acids is 2. The smallest absolute Gasteiger partial charge is 0.254 e. The van der Waals surface area contributed by atoms with Crippen molar-refractivity contribution in [3.63, 3.8) is 0 Å². The van der Waals surface area contributed by atoms with Crippen LogP contribution in [0.4, 0.5) is 5.69 Å². The van der Waals surface area contributed by atoms with E-state index in [-0.39, 0.29) is 17.9 Å². The Kier molecular flexibility index (Phi) is 6.13. The molecular weight excluding hydrogens is 326 g/mol. The van der Waals surface area contributed by atoms with E-state index in [0.29, 0.717) is 23.4 Å². The highest BCUT2D eigenvalue weighted by Gasteiger charge is 2.20. The van der Waals surface area contributed by atoms with Gasteiger partial charge in [-0.15, -0.1) is 0 Å². The van der Waals surface area contributed by atoms with E-state index in [1.807, 2.05) is 39.0 Å². The average Bonchev–Trinajstić information content (AvgIpc) is 2.61. The lowest BCUT2D eigenvalue weighted by atomic mass is 10.1. The first kappa shape index (κ1) is 19.2. The highest BCUT2D eigenvalue weighted by Crippen LogP contribution is 2.20. The number of carbonyl (C=O) groups is 2. The molecule has 1 N–H and O–H groups in total. The predicted octanol–water partition coefficient (Wildman–Crippen LogP) is 3.88. The minimum Gasteiger partial charge on any atom is -0.332 e. The lowest BCUT2D eigenvalue weighted by Crippen LogP contribution is -2.36. The van der Waals surface area contributed by atoms with Crippen LogP contribution in [0.5, 0.6) is 0 Å². The third kappa shape index (κ3) is 4.70. The standard InChI is InChI=1S/C21H23N3O2/c1-14(2)24(13-18-8-6-17(12-22)7-9-18)21(26)19-10-5-15(3)20(11-19)23-16(4)25/h5-11,14H,13H2,1-4H3,(H,23,25). The lowest BCUT2D eigenvalue weighted by molar-refractivity contribution is -0.114. The van der Waals surface area contributed by atoms with Crippen molar-refractivity contribution in [1.82, 2.24) is 4.90 Å². The number of nitriles is 1. The topological polar surface area (TPSA) is 73.2 Å². The summed E-state index contributed by atoms with van der Waals surface area (Å²) in [4.78, 5) is 26.1. The molecule has 2 aromatic carbocycles. The molecule has 0 bridgehead atoms. The van der Waals surface area contributed by atoms with Crippen LogP contribution in [-0.2, 0) is 11.3 Å². The maximum Gasteiger partial charge on any atom is 0.254 e. The third-order valence-electron chi connectivity index (χ3n) is 4.12. The zero-order valence-electron chi connectivity index (χ0n) is 15.5. The molecule has 0 heterocycles. The Labute approximate surface area is 154 Å². The second kappa shape index (κ2) is 8.30. The third-order valence-corrected chi connectivity index (χ3v) is 4.12. The molecule has 134 valence electrons. The fourth-order valence-corrected chi connectivity index (χ4v) is 2.62. The Morgan fingerprint density at radius 2 is 1.81 bits per heavy atom. The Hall–Kier alpha value is -3.13. The number of rotatable bonds is 5.